The molecule has 1 aliphatic rings. The number of hydrogen-bond acceptors (Lipinski definition) is 5. The van der Waals surface area contributed by atoms with Crippen LogP contribution in [-0.2, 0) is 10.0 Å². The molecule has 0 unspecified atom stereocenters. The zero-order valence-corrected chi connectivity index (χ0v) is 17.8. The van der Waals surface area contributed by atoms with Crippen molar-refractivity contribution in [3.05, 3.63) is 29.7 Å². The minimum absolute atomic E-state index is 0.272. The summed E-state index contributed by atoms with van der Waals surface area (Å²) in [6, 6.07) is 3.71. The van der Waals surface area contributed by atoms with Crippen molar-refractivity contribution in [1.29, 1.82) is 0 Å². The highest BCUT2D eigenvalue weighted by Crippen LogP contribution is 2.15. The molecule has 1 saturated heterocycles. The molecule has 0 aliphatic carbocycles. The van der Waals surface area contributed by atoms with E-state index in [0.29, 0.717) is 16.8 Å². The van der Waals surface area contributed by atoms with Crippen LogP contribution in [0.3, 0.4) is 0 Å². The summed E-state index contributed by atoms with van der Waals surface area (Å²) < 4.78 is 27.1. The molecule has 0 amide bonds. The summed E-state index contributed by atoms with van der Waals surface area (Å²) in [5.74, 6) is 0.742. The summed E-state index contributed by atoms with van der Waals surface area (Å²) in [6.07, 6.45) is 2.12. The van der Waals surface area contributed by atoms with Crippen LogP contribution in [-0.4, -0.2) is 64.6 Å². The molecule has 1 aliphatic heterocycles. The van der Waals surface area contributed by atoms with Crippen molar-refractivity contribution in [2.75, 3.05) is 39.3 Å². The summed E-state index contributed by atoms with van der Waals surface area (Å²) in [5.41, 5.74) is 1.20. The number of nitrogens with one attached hydrogen (secondary N) is 3. The van der Waals surface area contributed by atoms with Gasteiger partial charge in [-0.15, -0.1) is 11.3 Å². The average molecular weight is 414 g/mol. The maximum atomic E-state index is 12.1. The van der Waals surface area contributed by atoms with Gasteiger partial charge in [0, 0.05) is 38.8 Å². The molecule has 9 heteroatoms. The molecular weight excluding hydrogens is 382 g/mol. The van der Waals surface area contributed by atoms with Gasteiger partial charge in [0.2, 0.25) is 10.0 Å². The first kappa shape index (κ1) is 21.9. The smallest absolute Gasteiger partial charge is 0.250 e. The van der Waals surface area contributed by atoms with Crippen LogP contribution >= 0.6 is 11.3 Å². The predicted molar refractivity (Wildman–Crippen MR) is 113 cm³/mol. The summed E-state index contributed by atoms with van der Waals surface area (Å²) in [5, 5.41) is 8.46. The van der Waals surface area contributed by atoms with Gasteiger partial charge in [0.15, 0.2) is 5.96 Å². The Morgan fingerprint density at radius 3 is 2.74 bits per heavy atom. The quantitative estimate of drug-likeness (QED) is 0.248. The topological polar surface area (TPSA) is 85.8 Å². The van der Waals surface area contributed by atoms with E-state index in [9.17, 15) is 8.42 Å². The monoisotopic (exact) mass is 413 g/mol. The van der Waals surface area contributed by atoms with Crippen LogP contribution in [0.5, 0.6) is 0 Å². The zero-order valence-electron chi connectivity index (χ0n) is 16.2. The van der Waals surface area contributed by atoms with E-state index < -0.39 is 10.0 Å². The molecule has 1 fully saturated rings. The van der Waals surface area contributed by atoms with E-state index in [1.54, 1.807) is 17.5 Å². The molecule has 2 rings (SSSR count). The highest BCUT2D eigenvalue weighted by Gasteiger charge is 2.20. The van der Waals surface area contributed by atoms with Gasteiger partial charge in [0.1, 0.15) is 4.21 Å². The van der Waals surface area contributed by atoms with Crippen LogP contribution in [0, 0.1) is 0 Å². The molecule has 0 atom stereocenters. The Hall–Kier alpha value is -1.42. The van der Waals surface area contributed by atoms with Gasteiger partial charge in [-0.05, 0) is 38.1 Å². The Bertz CT molecular complexity index is 708. The third kappa shape index (κ3) is 7.61. The van der Waals surface area contributed by atoms with E-state index in [1.807, 2.05) is 6.92 Å². The van der Waals surface area contributed by atoms with E-state index in [4.69, 9.17) is 0 Å². The van der Waals surface area contributed by atoms with Gasteiger partial charge in [0.05, 0.1) is 6.54 Å². The molecule has 1 aromatic rings. The van der Waals surface area contributed by atoms with Crippen LogP contribution in [0.1, 0.15) is 26.7 Å². The first-order chi connectivity index (χ1) is 12.9. The van der Waals surface area contributed by atoms with Crippen LogP contribution in [0.4, 0.5) is 0 Å². The summed E-state index contributed by atoms with van der Waals surface area (Å²) in [6.45, 7) is 12.5. The molecular formula is C18H31N5O2S2. The van der Waals surface area contributed by atoms with Gasteiger partial charge in [-0.2, -0.15) is 0 Å². The lowest BCUT2D eigenvalue weighted by atomic mass is 10.0. The fourth-order valence-electron chi connectivity index (χ4n) is 2.97. The molecule has 0 radical (unpaired) electrons. The fraction of sp³-hybridized carbons (Fsp3) is 0.611. The lowest BCUT2D eigenvalue weighted by Crippen LogP contribution is -2.49. The summed E-state index contributed by atoms with van der Waals surface area (Å²) in [4.78, 5) is 6.92. The average Bonchev–Trinajstić information content (AvgIpc) is 3.16. The maximum absolute atomic E-state index is 12.1. The van der Waals surface area contributed by atoms with Crippen molar-refractivity contribution in [2.24, 2.45) is 4.99 Å². The Morgan fingerprint density at radius 1 is 1.41 bits per heavy atom. The Kier molecular flexibility index (Phi) is 8.75. The lowest BCUT2D eigenvalue weighted by molar-refractivity contribution is 0.221. The number of aliphatic imine (C=N–C) groups is 1. The van der Waals surface area contributed by atoms with Crippen LogP contribution in [0.25, 0.3) is 0 Å². The standard InChI is InChI=1S/C18H31N5O2S2/c1-4-19-18(22-16-7-11-23(12-8-16)14-15(2)3)20-9-10-21-27(24,25)17-6-5-13-26-17/h5-6,13,16,21H,2,4,7-12,14H2,1,3H3,(H2,19,20,22). The molecule has 27 heavy (non-hydrogen) atoms. The minimum atomic E-state index is -3.42. The molecule has 0 saturated carbocycles. The third-order valence-corrected chi connectivity index (χ3v) is 7.06. The molecule has 3 N–H and O–H groups in total. The first-order valence-electron chi connectivity index (χ1n) is 9.35. The highest BCUT2D eigenvalue weighted by molar-refractivity contribution is 7.91. The van der Waals surface area contributed by atoms with Gasteiger partial charge >= 0.3 is 0 Å². The molecule has 1 aromatic heterocycles. The maximum Gasteiger partial charge on any atom is 0.250 e. The second kappa shape index (κ2) is 10.8. The van der Waals surface area contributed by atoms with E-state index in [2.05, 4.69) is 38.8 Å². The zero-order chi connectivity index (χ0) is 19.7. The SMILES string of the molecule is C=C(C)CN1CCC(NC(=NCCNS(=O)(=O)c2cccs2)NCC)CC1. The van der Waals surface area contributed by atoms with Crippen LogP contribution in [0.2, 0.25) is 0 Å². The van der Waals surface area contributed by atoms with E-state index >= 15 is 0 Å². The van der Waals surface area contributed by atoms with Gasteiger partial charge < -0.3 is 10.6 Å². The van der Waals surface area contributed by atoms with Gasteiger partial charge in [-0.25, -0.2) is 13.1 Å². The Morgan fingerprint density at radius 2 is 2.15 bits per heavy atom. The van der Waals surface area contributed by atoms with E-state index in [-0.39, 0.29) is 6.54 Å². The van der Waals surface area contributed by atoms with Crippen molar-refractivity contribution < 1.29 is 8.42 Å². The second-order valence-electron chi connectivity index (χ2n) is 6.74. The van der Waals surface area contributed by atoms with Crippen molar-refractivity contribution in [2.45, 2.75) is 36.9 Å². The fourth-order valence-corrected chi connectivity index (χ4v) is 5.02. The molecule has 2 heterocycles. The van der Waals surface area contributed by atoms with Gasteiger partial charge in [-0.1, -0.05) is 18.2 Å². The number of thiophene rings is 1. The Labute approximate surface area is 167 Å². The predicted octanol–water partition coefficient (Wildman–Crippen LogP) is 1.62. The molecule has 7 nitrogen and oxygen atoms in total. The second-order valence-corrected chi connectivity index (χ2v) is 9.68. The van der Waals surface area contributed by atoms with Gasteiger partial charge in [0.25, 0.3) is 0 Å². The number of rotatable bonds is 9. The molecule has 152 valence electrons. The van der Waals surface area contributed by atoms with Crippen molar-refractivity contribution in [1.82, 2.24) is 20.3 Å². The van der Waals surface area contributed by atoms with Gasteiger partial charge in [-0.3, -0.25) is 9.89 Å². The number of nitrogens with zero attached hydrogens (tertiary/aromatic N) is 2. The van der Waals surface area contributed by atoms with Crippen molar-refractivity contribution >= 4 is 27.3 Å². The number of likely N-dealkylation sites (tertiary alicyclic amines) is 1. The summed E-state index contributed by atoms with van der Waals surface area (Å²) in [7, 11) is -3.42. The third-order valence-electron chi connectivity index (χ3n) is 4.20. The van der Waals surface area contributed by atoms with Crippen LogP contribution in [0.15, 0.2) is 38.9 Å². The first-order valence-corrected chi connectivity index (χ1v) is 11.7. The molecule has 0 bridgehead atoms. The molecule has 0 aromatic carbocycles. The molecule has 0 spiro atoms. The summed E-state index contributed by atoms with van der Waals surface area (Å²) >= 11 is 1.21. The van der Waals surface area contributed by atoms with E-state index in [1.165, 1.54) is 16.9 Å². The van der Waals surface area contributed by atoms with Crippen molar-refractivity contribution in [3.63, 3.8) is 0 Å². The van der Waals surface area contributed by atoms with Crippen molar-refractivity contribution in [3.8, 4) is 0 Å². The minimum Gasteiger partial charge on any atom is -0.357 e. The largest absolute Gasteiger partial charge is 0.357 e. The number of guanidine groups is 1. The lowest BCUT2D eigenvalue weighted by Gasteiger charge is -2.33. The highest BCUT2D eigenvalue weighted by atomic mass is 32.2. The number of hydrogen-bond donors (Lipinski definition) is 3. The number of sulfonamides is 1. The Balaban J connectivity index is 1.78. The number of piperidine rings is 1. The van der Waals surface area contributed by atoms with E-state index in [0.717, 1.165) is 45.0 Å². The normalized spacial score (nSPS) is 17.0. The van der Waals surface area contributed by atoms with Crippen LogP contribution < -0.4 is 15.4 Å².